The van der Waals surface area contributed by atoms with Crippen LogP contribution < -0.4 is 14.2 Å². The molecule has 0 amide bonds. The highest BCUT2D eigenvalue weighted by atomic mass is 16.5. The maximum Gasteiger partial charge on any atom is 0.248 e. The molecule has 0 spiro atoms. The van der Waals surface area contributed by atoms with Gasteiger partial charge in [0.1, 0.15) is 5.75 Å². The molecule has 112 valence electrons. The Bertz CT molecular complexity index is 750. The predicted octanol–water partition coefficient (Wildman–Crippen LogP) is 2.59. The maximum atomic E-state index is 12.4. The van der Waals surface area contributed by atoms with Gasteiger partial charge in [0.05, 0.1) is 19.8 Å². The predicted molar refractivity (Wildman–Crippen MR) is 78.7 cm³/mol. The van der Waals surface area contributed by atoms with Gasteiger partial charge in [-0.05, 0) is 18.2 Å². The van der Waals surface area contributed by atoms with Crippen LogP contribution in [0.5, 0.6) is 17.2 Å². The van der Waals surface area contributed by atoms with Crippen LogP contribution in [0, 0.1) is 0 Å². The van der Waals surface area contributed by atoms with Crippen molar-refractivity contribution in [1.82, 2.24) is 0 Å². The number of fused-ring (bicyclic) bond motifs is 1. The number of methoxy groups -OCH3 is 2. The van der Waals surface area contributed by atoms with Crippen LogP contribution in [-0.2, 0) is 4.79 Å². The summed E-state index contributed by atoms with van der Waals surface area (Å²) in [4.78, 5) is 24.6. The van der Waals surface area contributed by atoms with Crippen molar-refractivity contribution in [2.75, 3.05) is 14.2 Å². The number of ketones is 2. The van der Waals surface area contributed by atoms with Gasteiger partial charge in [-0.15, -0.1) is 0 Å². The van der Waals surface area contributed by atoms with E-state index in [4.69, 9.17) is 14.2 Å². The van der Waals surface area contributed by atoms with Crippen molar-refractivity contribution in [1.29, 1.82) is 0 Å². The van der Waals surface area contributed by atoms with E-state index < -0.39 is 17.7 Å². The second-order valence-corrected chi connectivity index (χ2v) is 4.77. The van der Waals surface area contributed by atoms with E-state index in [9.17, 15) is 9.59 Å². The Hall–Kier alpha value is -2.82. The van der Waals surface area contributed by atoms with Gasteiger partial charge in [0.15, 0.2) is 17.6 Å². The molecule has 0 aromatic heterocycles. The van der Waals surface area contributed by atoms with Crippen LogP contribution in [0.4, 0.5) is 0 Å². The Morgan fingerprint density at radius 2 is 1.73 bits per heavy atom. The van der Waals surface area contributed by atoms with Crippen LogP contribution in [-0.4, -0.2) is 25.8 Å². The average molecular weight is 298 g/mol. The van der Waals surface area contributed by atoms with E-state index in [1.165, 1.54) is 14.2 Å². The van der Waals surface area contributed by atoms with Gasteiger partial charge in [-0.2, -0.15) is 0 Å². The number of benzene rings is 2. The molecule has 0 bridgehead atoms. The average Bonchev–Trinajstić information content (AvgIpc) is 2.57. The molecule has 1 aliphatic rings. The lowest BCUT2D eigenvalue weighted by Crippen LogP contribution is -2.32. The molecule has 2 aromatic rings. The molecule has 0 aliphatic carbocycles. The molecule has 2 aromatic carbocycles. The van der Waals surface area contributed by atoms with E-state index in [0.717, 1.165) is 0 Å². The van der Waals surface area contributed by atoms with E-state index in [0.29, 0.717) is 22.8 Å². The second kappa shape index (κ2) is 5.52. The summed E-state index contributed by atoms with van der Waals surface area (Å²) in [5.74, 6) is 0.0715. The molecule has 1 aliphatic heterocycles. The van der Waals surface area contributed by atoms with Gasteiger partial charge in [-0.3, -0.25) is 9.59 Å². The highest BCUT2D eigenvalue weighted by Crippen LogP contribution is 2.40. The van der Waals surface area contributed by atoms with Crippen molar-refractivity contribution in [3.05, 3.63) is 53.6 Å². The SMILES string of the molecule is COc1cccc([C@@H]2Oc3ccccc3C(=O)C2=O)c1OC. The maximum absolute atomic E-state index is 12.4. The molecule has 1 heterocycles. The summed E-state index contributed by atoms with van der Waals surface area (Å²) in [5.41, 5.74) is 0.750. The first kappa shape index (κ1) is 14.1. The molecule has 1 atom stereocenters. The molecular formula is C17H14O5. The third kappa shape index (κ3) is 2.11. The van der Waals surface area contributed by atoms with Crippen LogP contribution in [0.3, 0.4) is 0 Å². The molecule has 5 heteroatoms. The van der Waals surface area contributed by atoms with Crippen LogP contribution in [0.2, 0.25) is 0 Å². The number of hydrogen-bond donors (Lipinski definition) is 0. The minimum Gasteiger partial charge on any atom is -0.493 e. The lowest BCUT2D eigenvalue weighted by atomic mass is 9.94. The summed E-state index contributed by atoms with van der Waals surface area (Å²) in [6.07, 6.45) is -1.03. The molecule has 5 nitrogen and oxygen atoms in total. The van der Waals surface area contributed by atoms with E-state index in [1.54, 1.807) is 42.5 Å². The first-order chi connectivity index (χ1) is 10.7. The van der Waals surface area contributed by atoms with Gasteiger partial charge >= 0.3 is 0 Å². The molecule has 22 heavy (non-hydrogen) atoms. The number of Topliss-reactive ketones (excluding diaryl/α,β-unsaturated/α-hetero) is 2. The van der Waals surface area contributed by atoms with Gasteiger partial charge in [-0.25, -0.2) is 0 Å². The first-order valence-corrected chi connectivity index (χ1v) is 6.72. The number of para-hydroxylation sites is 2. The molecule has 0 N–H and O–H groups in total. The number of rotatable bonds is 3. The largest absolute Gasteiger partial charge is 0.493 e. The van der Waals surface area contributed by atoms with E-state index in [1.807, 2.05) is 0 Å². The Kier molecular flexibility index (Phi) is 3.55. The van der Waals surface area contributed by atoms with Crippen LogP contribution in [0.1, 0.15) is 22.0 Å². The van der Waals surface area contributed by atoms with Crippen molar-refractivity contribution in [2.45, 2.75) is 6.10 Å². The fraction of sp³-hybridized carbons (Fsp3) is 0.176. The minimum atomic E-state index is -1.03. The highest BCUT2D eigenvalue weighted by Gasteiger charge is 2.38. The smallest absolute Gasteiger partial charge is 0.248 e. The van der Waals surface area contributed by atoms with E-state index >= 15 is 0 Å². The highest BCUT2D eigenvalue weighted by molar-refractivity contribution is 6.46. The number of hydrogen-bond acceptors (Lipinski definition) is 5. The van der Waals surface area contributed by atoms with Gasteiger partial charge in [0.25, 0.3) is 0 Å². The fourth-order valence-electron chi connectivity index (χ4n) is 2.51. The molecule has 0 unspecified atom stereocenters. The molecule has 3 rings (SSSR count). The zero-order valence-electron chi connectivity index (χ0n) is 12.2. The van der Waals surface area contributed by atoms with Crippen molar-refractivity contribution in [3.63, 3.8) is 0 Å². The molecular weight excluding hydrogens is 284 g/mol. The molecule has 0 saturated carbocycles. The molecule has 0 fully saturated rings. The normalized spacial score (nSPS) is 16.7. The van der Waals surface area contributed by atoms with E-state index in [-0.39, 0.29) is 5.56 Å². The lowest BCUT2D eigenvalue weighted by Gasteiger charge is -2.25. The zero-order chi connectivity index (χ0) is 15.7. The third-order valence-electron chi connectivity index (χ3n) is 3.55. The quantitative estimate of drug-likeness (QED) is 0.815. The monoisotopic (exact) mass is 298 g/mol. The van der Waals surface area contributed by atoms with Crippen LogP contribution in [0.25, 0.3) is 0 Å². The number of carbonyl (C=O) groups excluding carboxylic acids is 2. The fourth-order valence-corrected chi connectivity index (χ4v) is 2.51. The summed E-state index contributed by atoms with van der Waals surface area (Å²) in [5, 5.41) is 0. The van der Waals surface area contributed by atoms with Gasteiger partial charge in [0, 0.05) is 5.56 Å². The Balaban J connectivity index is 2.11. The van der Waals surface area contributed by atoms with Gasteiger partial charge in [-0.1, -0.05) is 24.3 Å². The Morgan fingerprint density at radius 1 is 0.955 bits per heavy atom. The Morgan fingerprint density at radius 3 is 2.45 bits per heavy atom. The van der Waals surface area contributed by atoms with Crippen molar-refractivity contribution in [3.8, 4) is 17.2 Å². The first-order valence-electron chi connectivity index (χ1n) is 6.72. The second-order valence-electron chi connectivity index (χ2n) is 4.77. The van der Waals surface area contributed by atoms with Gasteiger partial charge < -0.3 is 14.2 Å². The number of ether oxygens (including phenoxy) is 3. The minimum absolute atomic E-state index is 0.283. The zero-order valence-corrected chi connectivity index (χ0v) is 12.2. The summed E-state index contributed by atoms with van der Waals surface area (Å²) >= 11 is 0. The summed E-state index contributed by atoms with van der Waals surface area (Å²) < 4.78 is 16.3. The van der Waals surface area contributed by atoms with Crippen LogP contribution in [0.15, 0.2) is 42.5 Å². The van der Waals surface area contributed by atoms with Crippen molar-refractivity contribution in [2.24, 2.45) is 0 Å². The third-order valence-corrected chi connectivity index (χ3v) is 3.55. The van der Waals surface area contributed by atoms with Gasteiger partial charge in [0.2, 0.25) is 11.6 Å². The lowest BCUT2D eigenvalue weighted by molar-refractivity contribution is -0.122. The molecule has 0 radical (unpaired) electrons. The topological polar surface area (TPSA) is 61.8 Å². The van der Waals surface area contributed by atoms with Crippen LogP contribution >= 0.6 is 0 Å². The summed E-state index contributed by atoms with van der Waals surface area (Å²) in [7, 11) is 2.98. The van der Waals surface area contributed by atoms with E-state index in [2.05, 4.69) is 0 Å². The summed E-state index contributed by atoms with van der Waals surface area (Å²) in [6, 6.07) is 11.8. The standard InChI is InChI=1S/C17H14O5/c1-20-13-9-5-7-11(16(13)21-2)17-15(19)14(18)10-6-3-4-8-12(10)22-17/h3-9,17H,1-2H3/t17-/m0/s1. The summed E-state index contributed by atoms with van der Waals surface area (Å²) in [6.45, 7) is 0. The molecule has 0 saturated heterocycles. The Labute approximate surface area is 127 Å². The number of carbonyl (C=O) groups is 2. The van der Waals surface area contributed by atoms with Crippen molar-refractivity contribution >= 4 is 11.6 Å². The van der Waals surface area contributed by atoms with Crippen molar-refractivity contribution < 1.29 is 23.8 Å².